The fourth-order valence-corrected chi connectivity index (χ4v) is 2.64. The van der Waals surface area contributed by atoms with Crippen molar-refractivity contribution in [2.24, 2.45) is 4.99 Å². The van der Waals surface area contributed by atoms with E-state index < -0.39 is 12.7 Å². The van der Waals surface area contributed by atoms with Gasteiger partial charge in [-0.3, -0.25) is 4.90 Å². The van der Waals surface area contributed by atoms with Crippen molar-refractivity contribution >= 4 is 29.9 Å². The molecular weight excluding hydrogens is 460 g/mol. The highest BCUT2D eigenvalue weighted by Crippen LogP contribution is 2.28. The molecule has 0 bridgehead atoms. The highest BCUT2D eigenvalue weighted by Gasteiger charge is 2.28. The fourth-order valence-electron chi connectivity index (χ4n) is 2.64. The molecule has 1 unspecified atom stereocenters. The van der Waals surface area contributed by atoms with Crippen LogP contribution in [0, 0.1) is 0 Å². The van der Waals surface area contributed by atoms with E-state index in [9.17, 15) is 13.2 Å². The first-order valence-corrected chi connectivity index (χ1v) is 8.39. The van der Waals surface area contributed by atoms with E-state index in [1.165, 1.54) is 17.5 Å². The number of guanidine groups is 1. The van der Waals surface area contributed by atoms with Gasteiger partial charge in [-0.05, 0) is 25.6 Å². The summed E-state index contributed by atoms with van der Waals surface area (Å²) in [5, 5.41) is 6.15. The molecule has 0 saturated heterocycles. The number of nitrogens with zero attached hydrogens (tertiary/aromatic N) is 2. The maximum atomic E-state index is 12.3. The van der Waals surface area contributed by atoms with E-state index in [1.54, 1.807) is 0 Å². The predicted octanol–water partition coefficient (Wildman–Crippen LogP) is 2.66. The number of alkyl halides is 3. The minimum atomic E-state index is -4.18. The van der Waals surface area contributed by atoms with Crippen molar-refractivity contribution in [3.05, 3.63) is 29.8 Å². The Hall–Kier alpha value is -1.23. The van der Waals surface area contributed by atoms with Crippen LogP contribution >= 0.6 is 24.0 Å². The van der Waals surface area contributed by atoms with E-state index in [-0.39, 0.29) is 36.6 Å². The minimum absolute atomic E-state index is 0. The summed E-state index contributed by atoms with van der Waals surface area (Å²) in [6.45, 7) is 2.84. The molecule has 0 spiro atoms. The molecule has 1 aromatic rings. The zero-order valence-electron chi connectivity index (χ0n) is 15.0. The largest absolute Gasteiger partial charge is 0.488 e. The van der Waals surface area contributed by atoms with E-state index in [2.05, 4.69) is 15.6 Å². The number of nitrogens with one attached hydrogen (secondary N) is 2. The molecule has 0 saturated carbocycles. The van der Waals surface area contributed by atoms with E-state index >= 15 is 0 Å². The number of hydrogen-bond acceptors (Lipinski definition) is 3. The van der Waals surface area contributed by atoms with Gasteiger partial charge < -0.3 is 15.4 Å². The number of halogens is 4. The zero-order valence-corrected chi connectivity index (χ0v) is 17.3. The molecule has 148 valence electrons. The Labute approximate surface area is 169 Å². The van der Waals surface area contributed by atoms with Gasteiger partial charge in [-0.2, -0.15) is 13.2 Å². The topological polar surface area (TPSA) is 48.9 Å². The number of para-hydroxylation sites is 1. The van der Waals surface area contributed by atoms with Crippen LogP contribution in [0.4, 0.5) is 13.2 Å². The Kier molecular flexibility index (Phi) is 9.48. The smallest absolute Gasteiger partial charge is 0.401 e. The van der Waals surface area contributed by atoms with Crippen LogP contribution in [0.3, 0.4) is 0 Å². The van der Waals surface area contributed by atoms with E-state index in [0.717, 1.165) is 12.2 Å². The molecule has 26 heavy (non-hydrogen) atoms. The number of benzene rings is 1. The third-order valence-electron chi connectivity index (χ3n) is 3.75. The number of likely N-dealkylation sites (N-methyl/N-ethyl adjacent to an activating group) is 1. The second kappa shape index (κ2) is 10.8. The average Bonchev–Trinajstić information content (AvgIpc) is 2.93. The summed E-state index contributed by atoms with van der Waals surface area (Å²) in [4.78, 5) is 5.71. The van der Waals surface area contributed by atoms with Crippen LogP contribution < -0.4 is 15.4 Å². The number of hydrogen-bond donors (Lipinski definition) is 2. The molecule has 1 aromatic carbocycles. The molecule has 9 heteroatoms. The fraction of sp³-hybridized carbons (Fsp3) is 0.588. The van der Waals surface area contributed by atoms with Crippen molar-refractivity contribution in [2.75, 3.05) is 39.8 Å². The quantitative estimate of drug-likeness (QED) is 0.354. The van der Waals surface area contributed by atoms with Gasteiger partial charge in [0.05, 0.1) is 13.1 Å². The molecule has 0 aromatic heterocycles. The maximum Gasteiger partial charge on any atom is 0.401 e. The Morgan fingerprint density at radius 2 is 2.04 bits per heavy atom. The summed E-state index contributed by atoms with van der Waals surface area (Å²) in [7, 11) is 1.45. The molecule has 2 rings (SSSR count). The van der Waals surface area contributed by atoms with Crippen molar-refractivity contribution in [3.8, 4) is 5.75 Å². The molecule has 1 atom stereocenters. The molecule has 1 heterocycles. The number of rotatable bonds is 7. The lowest BCUT2D eigenvalue weighted by atomic mass is 10.1. The summed E-state index contributed by atoms with van der Waals surface area (Å²) in [5.74, 6) is 1.48. The van der Waals surface area contributed by atoms with Crippen LogP contribution in [-0.4, -0.2) is 62.9 Å². The van der Waals surface area contributed by atoms with Crippen LogP contribution in [0.15, 0.2) is 29.3 Å². The third kappa shape index (κ3) is 7.98. The van der Waals surface area contributed by atoms with E-state index in [4.69, 9.17) is 4.74 Å². The number of fused-ring (bicyclic) bond motifs is 1. The average molecular weight is 486 g/mol. The normalized spacial score (nSPS) is 16.7. The summed E-state index contributed by atoms with van der Waals surface area (Å²) < 4.78 is 42.8. The van der Waals surface area contributed by atoms with Crippen LogP contribution in [0.1, 0.15) is 12.5 Å². The van der Waals surface area contributed by atoms with Gasteiger partial charge in [0.1, 0.15) is 11.9 Å². The van der Waals surface area contributed by atoms with Crippen molar-refractivity contribution in [2.45, 2.75) is 25.6 Å². The number of ether oxygens (including phenoxy) is 1. The highest BCUT2D eigenvalue weighted by atomic mass is 127. The minimum Gasteiger partial charge on any atom is -0.488 e. The molecule has 0 aliphatic carbocycles. The van der Waals surface area contributed by atoms with Gasteiger partial charge in [0.2, 0.25) is 0 Å². The van der Waals surface area contributed by atoms with Crippen LogP contribution in [0.5, 0.6) is 5.75 Å². The van der Waals surface area contributed by atoms with Crippen LogP contribution in [-0.2, 0) is 6.42 Å². The summed E-state index contributed by atoms with van der Waals surface area (Å²) >= 11 is 0. The van der Waals surface area contributed by atoms with Crippen molar-refractivity contribution in [1.82, 2.24) is 15.5 Å². The number of aliphatic imine (C=N–C) groups is 1. The van der Waals surface area contributed by atoms with Gasteiger partial charge in [0, 0.05) is 26.1 Å². The summed E-state index contributed by atoms with van der Waals surface area (Å²) in [6.07, 6.45) is -3.38. The van der Waals surface area contributed by atoms with Crippen LogP contribution in [0.25, 0.3) is 0 Å². The van der Waals surface area contributed by atoms with Gasteiger partial charge in [-0.25, -0.2) is 4.99 Å². The molecular formula is C17H26F3IN4O. The Balaban J connectivity index is 0.00000338. The first kappa shape index (κ1) is 22.8. The lowest BCUT2D eigenvalue weighted by Crippen LogP contribution is -2.42. The third-order valence-corrected chi connectivity index (χ3v) is 3.75. The highest BCUT2D eigenvalue weighted by molar-refractivity contribution is 14.0. The van der Waals surface area contributed by atoms with Crippen molar-refractivity contribution in [3.63, 3.8) is 0 Å². The van der Waals surface area contributed by atoms with Crippen molar-refractivity contribution < 1.29 is 17.9 Å². The van der Waals surface area contributed by atoms with Gasteiger partial charge >= 0.3 is 6.18 Å². The van der Waals surface area contributed by atoms with Gasteiger partial charge in [-0.1, -0.05) is 18.2 Å². The second-order valence-electron chi connectivity index (χ2n) is 6.05. The van der Waals surface area contributed by atoms with Gasteiger partial charge in [0.15, 0.2) is 5.96 Å². The van der Waals surface area contributed by atoms with Gasteiger partial charge in [0.25, 0.3) is 0 Å². The summed E-state index contributed by atoms with van der Waals surface area (Å²) in [5.41, 5.74) is 1.18. The Bertz CT molecular complexity index is 558. The standard InChI is InChI=1S/C17H25F3N4O.HI/c1-3-21-16(22-8-9-24(2)12-17(18,19)20)23-11-14-10-13-6-4-5-7-15(13)25-14;/h4-7,14H,3,8-12H2,1-2H3,(H2,21,22,23);1H. The molecule has 0 fully saturated rings. The molecule has 0 radical (unpaired) electrons. The zero-order chi connectivity index (χ0) is 18.3. The maximum absolute atomic E-state index is 12.3. The molecule has 5 nitrogen and oxygen atoms in total. The summed E-state index contributed by atoms with van der Waals surface area (Å²) in [6, 6.07) is 7.91. The van der Waals surface area contributed by atoms with Crippen molar-refractivity contribution in [1.29, 1.82) is 0 Å². The molecule has 1 aliphatic heterocycles. The monoisotopic (exact) mass is 486 g/mol. The van der Waals surface area contributed by atoms with E-state index in [1.807, 2.05) is 31.2 Å². The lowest BCUT2D eigenvalue weighted by molar-refractivity contribution is -0.142. The molecule has 1 aliphatic rings. The molecule has 2 N–H and O–H groups in total. The Morgan fingerprint density at radius 3 is 2.69 bits per heavy atom. The lowest BCUT2D eigenvalue weighted by Gasteiger charge is -2.19. The SMILES string of the molecule is CCNC(=NCC1Cc2ccccc2O1)NCCN(C)CC(F)(F)F.I. The second-order valence-corrected chi connectivity index (χ2v) is 6.05. The van der Waals surface area contributed by atoms with Gasteiger partial charge in [-0.15, -0.1) is 24.0 Å². The first-order chi connectivity index (χ1) is 11.9. The predicted molar refractivity (Wildman–Crippen MR) is 108 cm³/mol. The van der Waals surface area contributed by atoms with E-state index in [0.29, 0.717) is 25.6 Å². The first-order valence-electron chi connectivity index (χ1n) is 8.39. The van der Waals surface area contributed by atoms with Crippen LogP contribution in [0.2, 0.25) is 0 Å². The molecule has 0 amide bonds. The Morgan fingerprint density at radius 1 is 1.31 bits per heavy atom.